The Balaban J connectivity index is 1.73. The van der Waals surface area contributed by atoms with Crippen LogP contribution in [0, 0.1) is 18.3 Å². The third kappa shape index (κ3) is 5.06. The van der Waals surface area contributed by atoms with Crippen LogP contribution in [0.15, 0.2) is 65.6 Å². The molecule has 35 heavy (non-hydrogen) atoms. The first-order chi connectivity index (χ1) is 16.5. The molecule has 3 aromatic carbocycles. The second-order valence-corrected chi connectivity index (χ2v) is 9.86. The summed E-state index contributed by atoms with van der Waals surface area (Å²) in [6.07, 6.45) is -4.61. The minimum Gasteiger partial charge on any atom is -0.457 e. The summed E-state index contributed by atoms with van der Waals surface area (Å²) in [5, 5.41) is 8.89. The van der Waals surface area contributed by atoms with E-state index in [1.54, 1.807) is 19.1 Å². The first kappa shape index (κ1) is 24.4. The summed E-state index contributed by atoms with van der Waals surface area (Å²) in [6.45, 7) is 1.62. The Morgan fingerprint density at radius 2 is 1.71 bits per heavy atom. The number of alkyl halides is 3. The molecule has 0 fully saturated rings. The zero-order valence-corrected chi connectivity index (χ0v) is 19.5. The van der Waals surface area contributed by atoms with Crippen molar-refractivity contribution in [3.63, 3.8) is 0 Å². The fourth-order valence-electron chi connectivity index (χ4n) is 3.42. The standard InChI is InChI=1S/C24H15ClF3N3O3S/c1-14-22(31-23-19(24(26,27)28)3-2-4-21(23)30-14)18-13-16(7-10-20(18)25)34-15-5-8-17(9-6-15)35(32,33)12-11-29/h2-10,13H,12H2,1H3. The van der Waals surface area contributed by atoms with Gasteiger partial charge in [-0.1, -0.05) is 17.7 Å². The number of halogens is 4. The van der Waals surface area contributed by atoms with E-state index in [0.29, 0.717) is 22.8 Å². The first-order valence-corrected chi connectivity index (χ1v) is 12.0. The molecule has 0 atom stereocenters. The van der Waals surface area contributed by atoms with Crippen LogP contribution in [0.3, 0.4) is 0 Å². The molecule has 4 rings (SSSR count). The summed E-state index contributed by atoms with van der Waals surface area (Å²) in [5.74, 6) is -0.0482. The van der Waals surface area contributed by atoms with Crippen LogP contribution in [-0.2, 0) is 16.0 Å². The van der Waals surface area contributed by atoms with Gasteiger partial charge in [0.1, 0.15) is 22.8 Å². The lowest BCUT2D eigenvalue weighted by molar-refractivity contribution is -0.136. The van der Waals surface area contributed by atoms with Gasteiger partial charge in [0.15, 0.2) is 9.84 Å². The topological polar surface area (TPSA) is 92.9 Å². The van der Waals surface area contributed by atoms with E-state index in [0.717, 1.165) is 6.07 Å². The smallest absolute Gasteiger partial charge is 0.418 e. The largest absolute Gasteiger partial charge is 0.457 e. The predicted octanol–water partition coefficient (Wildman–Crippen LogP) is 6.37. The van der Waals surface area contributed by atoms with E-state index in [1.165, 1.54) is 48.5 Å². The summed E-state index contributed by atoms with van der Waals surface area (Å²) in [6, 6.07) is 15.3. The van der Waals surface area contributed by atoms with Crippen molar-refractivity contribution in [3.05, 3.63) is 76.9 Å². The van der Waals surface area contributed by atoms with Crippen LogP contribution in [0.5, 0.6) is 11.5 Å². The number of aromatic nitrogens is 2. The Morgan fingerprint density at radius 1 is 1.03 bits per heavy atom. The van der Waals surface area contributed by atoms with E-state index >= 15 is 0 Å². The summed E-state index contributed by atoms with van der Waals surface area (Å²) >= 11 is 6.35. The van der Waals surface area contributed by atoms with Crippen molar-refractivity contribution in [2.75, 3.05) is 5.75 Å². The summed E-state index contributed by atoms with van der Waals surface area (Å²) in [4.78, 5) is 8.53. The number of fused-ring (bicyclic) bond motifs is 1. The molecule has 0 saturated heterocycles. The molecule has 11 heteroatoms. The monoisotopic (exact) mass is 517 g/mol. The third-order valence-electron chi connectivity index (χ3n) is 5.04. The normalized spacial score (nSPS) is 11.9. The Morgan fingerprint density at radius 3 is 2.37 bits per heavy atom. The van der Waals surface area contributed by atoms with Gasteiger partial charge in [-0.05, 0) is 61.5 Å². The van der Waals surface area contributed by atoms with E-state index < -0.39 is 27.3 Å². The number of ether oxygens (including phenoxy) is 1. The molecule has 0 bridgehead atoms. The molecule has 0 aliphatic heterocycles. The molecule has 0 aliphatic rings. The highest BCUT2D eigenvalue weighted by molar-refractivity contribution is 7.91. The van der Waals surface area contributed by atoms with Crippen LogP contribution in [0.2, 0.25) is 5.02 Å². The maximum absolute atomic E-state index is 13.5. The zero-order valence-electron chi connectivity index (χ0n) is 18.0. The molecule has 178 valence electrons. The van der Waals surface area contributed by atoms with E-state index in [9.17, 15) is 21.6 Å². The number of benzene rings is 3. The van der Waals surface area contributed by atoms with Gasteiger partial charge in [0, 0.05) is 5.56 Å². The number of nitriles is 1. The second-order valence-electron chi connectivity index (χ2n) is 7.46. The molecule has 0 amide bonds. The molecule has 1 aromatic heterocycles. The van der Waals surface area contributed by atoms with Gasteiger partial charge in [-0.3, -0.25) is 0 Å². The Hall–Kier alpha value is -3.68. The van der Waals surface area contributed by atoms with Crippen molar-refractivity contribution in [1.82, 2.24) is 9.97 Å². The fourth-order valence-corrected chi connectivity index (χ4v) is 4.51. The van der Waals surface area contributed by atoms with Crippen molar-refractivity contribution >= 4 is 32.5 Å². The average Bonchev–Trinajstić information content (AvgIpc) is 2.79. The van der Waals surface area contributed by atoms with Crippen molar-refractivity contribution in [2.24, 2.45) is 0 Å². The van der Waals surface area contributed by atoms with Gasteiger partial charge >= 0.3 is 6.18 Å². The third-order valence-corrected chi connectivity index (χ3v) is 6.87. The number of aryl methyl sites for hydroxylation is 1. The minimum absolute atomic E-state index is 0.0225. The number of rotatable bonds is 5. The Labute approximate surface area is 203 Å². The van der Waals surface area contributed by atoms with Gasteiger partial charge in [0.05, 0.1) is 38.5 Å². The first-order valence-electron chi connectivity index (χ1n) is 10.0. The quantitative estimate of drug-likeness (QED) is 0.305. The van der Waals surface area contributed by atoms with E-state index in [4.69, 9.17) is 21.6 Å². The highest BCUT2D eigenvalue weighted by atomic mass is 35.5. The predicted molar refractivity (Wildman–Crippen MR) is 124 cm³/mol. The summed E-state index contributed by atoms with van der Waals surface area (Å²) in [5.41, 5.74) is -0.223. The van der Waals surface area contributed by atoms with Gasteiger partial charge in [-0.25, -0.2) is 18.4 Å². The average molecular weight is 518 g/mol. The molecule has 0 saturated carbocycles. The second kappa shape index (κ2) is 9.17. The van der Waals surface area contributed by atoms with E-state index in [-0.39, 0.29) is 26.6 Å². The number of para-hydroxylation sites is 1. The lowest BCUT2D eigenvalue weighted by Gasteiger charge is -2.14. The molecule has 0 N–H and O–H groups in total. The van der Waals surface area contributed by atoms with Gasteiger partial charge in [0.25, 0.3) is 0 Å². The van der Waals surface area contributed by atoms with E-state index in [2.05, 4.69) is 9.97 Å². The van der Waals surface area contributed by atoms with Crippen molar-refractivity contribution in [2.45, 2.75) is 18.0 Å². The zero-order chi connectivity index (χ0) is 25.4. The molecular weight excluding hydrogens is 503 g/mol. The van der Waals surface area contributed by atoms with Gasteiger partial charge in [0.2, 0.25) is 0 Å². The fraction of sp³-hybridized carbons (Fsp3) is 0.125. The van der Waals surface area contributed by atoms with E-state index in [1.807, 2.05) is 0 Å². The molecular formula is C24H15ClF3N3O3S. The van der Waals surface area contributed by atoms with Crippen LogP contribution in [0.25, 0.3) is 22.3 Å². The van der Waals surface area contributed by atoms with Crippen LogP contribution in [-0.4, -0.2) is 24.1 Å². The lowest BCUT2D eigenvalue weighted by Crippen LogP contribution is -2.08. The SMILES string of the molecule is Cc1nc2cccc(C(F)(F)F)c2nc1-c1cc(Oc2ccc(S(=O)(=O)CC#N)cc2)ccc1Cl. The molecule has 0 aliphatic carbocycles. The number of hydrogen-bond acceptors (Lipinski definition) is 6. The van der Waals surface area contributed by atoms with Crippen LogP contribution in [0.4, 0.5) is 13.2 Å². The van der Waals surface area contributed by atoms with Gasteiger partial charge in [-0.2, -0.15) is 18.4 Å². The van der Waals surface area contributed by atoms with Crippen LogP contribution >= 0.6 is 11.6 Å². The lowest BCUT2D eigenvalue weighted by atomic mass is 10.1. The molecule has 0 radical (unpaired) electrons. The highest BCUT2D eigenvalue weighted by Gasteiger charge is 2.33. The Kier molecular flexibility index (Phi) is 6.40. The van der Waals surface area contributed by atoms with Crippen molar-refractivity contribution in [1.29, 1.82) is 5.26 Å². The minimum atomic E-state index is -4.61. The molecule has 4 aromatic rings. The molecule has 6 nitrogen and oxygen atoms in total. The maximum Gasteiger partial charge on any atom is 0.418 e. The molecule has 0 spiro atoms. The molecule has 1 heterocycles. The number of nitrogens with zero attached hydrogens (tertiary/aromatic N) is 3. The molecule has 0 unspecified atom stereocenters. The number of sulfone groups is 1. The summed E-state index contributed by atoms with van der Waals surface area (Å²) < 4.78 is 70.3. The van der Waals surface area contributed by atoms with Gasteiger partial charge < -0.3 is 4.74 Å². The Bertz CT molecular complexity index is 1580. The highest BCUT2D eigenvalue weighted by Crippen LogP contribution is 2.37. The summed E-state index contributed by atoms with van der Waals surface area (Å²) in [7, 11) is -3.71. The van der Waals surface area contributed by atoms with Crippen LogP contribution < -0.4 is 4.74 Å². The van der Waals surface area contributed by atoms with Crippen LogP contribution in [0.1, 0.15) is 11.3 Å². The number of hydrogen-bond donors (Lipinski definition) is 0. The van der Waals surface area contributed by atoms with Crippen molar-refractivity contribution < 1.29 is 26.3 Å². The van der Waals surface area contributed by atoms with Crippen molar-refractivity contribution in [3.8, 4) is 28.8 Å². The maximum atomic E-state index is 13.5. The van der Waals surface area contributed by atoms with Gasteiger partial charge in [-0.15, -0.1) is 0 Å².